The van der Waals surface area contributed by atoms with E-state index in [1.54, 1.807) is 4.90 Å². The minimum Gasteiger partial charge on any atom is -0.444 e. The molecular formula is C44H70N6O5. The molecular weight excluding hydrogens is 693 g/mol. The maximum Gasteiger partial charge on any atom is 0.410 e. The first kappa shape index (κ1) is 43.9. The van der Waals surface area contributed by atoms with Crippen molar-refractivity contribution in [2.24, 2.45) is 5.73 Å². The highest BCUT2D eigenvalue weighted by Gasteiger charge is 2.28. The van der Waals surface area contributed by atoms with Gasteiger partial charge in [0.1, 0.15) is 11.2 Å². The van der Waals surface area contributed by atoms with Crippen LogP contribution >= 0.6 is 0 Å². The van der Waals surface area contributed by atoms with Gasteiger partial charge in [-0.25, -0.2) is 9.59 Å². The summed E-state index contributed by atoms with van der Waals surface area (Å²) in [7, 11) is 0. The van der Waals surface area contributed by atoms with E-state index >= 15 is 0 Å². The van der Waals surface area contributed by atoms with E-state index in [1.807, 2.05) is 58.6 Å². The molecule has 0 aliphatic carbocycles. The Morgan fingerprint density at radius 1 is 0.691 bits per heavy atom. The van der Waals surface area contributed by atoms with Crippen molar-refractivity contribution in [3.8, 4) is 0 Å². The van der Waals surface area contributed by atoms with E-state index in [9.17, 15) is 14.4 Å². The molecule has 4 aliphatic heterocycles. The molecule has 4 aliphatic rings. The molecule has 306 valence electrons. The maximum absolute atomic E-state index is 12.2. The lowest BCUT2D eigenvalue weighted by Gasteiger charge is -2.34. The topological polar surface area (TPSA) is 121 Å². The molecule has 0 aromatic heterocycles. The van der Waals surface area contributed by atoms with E-state index < -0.39 is 11.2 Å². The van der Waals surface area contributed by atoms with Crippen LogP contribution in [0.15, 0.2) is 36.4 Å². The number of carbonyl (C=O) groups excluding carboxylic acids is 3. The van der Waals surface area contributed by atoms with Gasteiger partial charge in [-0.2, -0.15) is 0 Å². The second-order valence-corrected chi connectivity index (χ2v) is 17.6. The number of nitrogens with zero attached hydrogens (tertiary/aromatic N) is 4. The number of carbonyl (C=O) groups is 3. The third-order valence-corrected chi connectivity index (χ3v) is 10.4. The molecule has 55 heavy (non-hydrogen) atoms. The molecule has 4 fully saturated rings. The third kappa shape index (κ3) is 14.6. The van der Waals surface area contributed by atoms with Gasteiger partial charge in [0.15, 0.2) is 6.29 Å². The zero-order valence-corrected chi connectivity index (χ0v) is 35.1. The van der Waals surface area contributed by atoms with Gasteiger partial charge in [0.2, 0.25) is 0 Å². The number of amides is 2. The number of rotatable bonds is 6. The van der Waals surface area contributed by atoms with E-state index in [4.69, 9.17) is 15.2 Å². The third-order valence-electron chi connectivity index (χ3n) is 10.4. The normalized spacial score (nSPS) is 18.3. The number of hydrogen-bond donors (Lipinski definition) is 2. The molecule has 4 saturated heterocycles. The van der Waals surface area contributed by atoms with Gasteiger partial charge in [-0.05, 0) is 142 Å². The SMILES string of the molecule is CC(C)(C)OC(=O)N1CCC(N)CC1.Cc1ccc(C=O)c(N2CCCC2)c1.Cc1ccc(CNC2CCN(C(=O)OC(C)(C)C)CC2)c(N2CCCC2)c1. The molecule has 0 unspecified atom stereocenters. The second kappa shape index (κ2) is 20.4. The van der Waals surface area contributed by atoms with Gasteiger partial charge in [-0.3, -0.25) is 4.79 Å². The number of likely N-dealkylation sites (tertiary alicyclic amines) is 2. The highest BCUT2D eigenvalue weighted by molar-refractivity contribution is 5.85. The standard InChI is InChI=1S/C22H35N3O2.C12H15NO.C10H20N2O2/c1-17-7-8-18(20(15-17)24-11-5-6-12-24)16-23-19-9-13-25(14-10-19)21(26)27-22(2,3)4;1-10-4-5-11(9-14)12(8-10)13-6-2-3-7-13;1-10(2,3)14-9(13)12-6-4-8(11)5-7-12/h7-8,15,19,23H,5-6,9-14,16H2,1-4H3;4-5,8-9H,2-3,6-7H2,1H3;8H,4-7,11H2,1-3H3. The summed E-state index contributed by atoms with van der Waals surface area (Å²) in [5.74, 6) is 0. The average molecular weight is 763 g/mol. The Morgan fingerprint density at radius 3 is 1.60 bits per heavy atom. The number of nitrogens with one attached hydrogen (secondary N) is 1. The molecule has 0 spiro atoms. The number of nitrogens with two attached hydrogens (primary N) is 1. The highest BCUT2D eigenvalue weighted by atomic mass is 16.6. The lowest BCUT2D eigenvalue weighted by Crippen LogP contribution is -2.46. The van der Waals surface area contributed by atoms with Crippen LogP contribution in [0.25, 0.3) is 0 Å². The van der Waals surface area contributed by atoms with Crippen molar-refractivity contribution in [1.29, 1.82) is 0 Å². The summed E-state index contributed by atoms with van der Waals surface area (Å²) in [6.07, 6.45) is 9.33. The van der Waals surface area contributed by atoms with Gasteiger partial charge in [0, 0.05) is 87.9 Å². The van der Waals surface area contributed by atoms with E-state index in [0.717, 1.165) is 89.0 Å². The minimum absolute atomic E-state index is 0.184. The molecule has 0 bridgehead atoms. The number of aryl methyl sites for hydroxylation is 2. The predicted octanol–water partition coefficient (Wildman–Crippen LogP) is 7.84. The summed E-state index contributed by atoms with van der Waals surface area (Å²) in [5.41, 5.74) is 12.2. The van der Waals surface area contributed by atoms with Crippen LogP contribution < -0.4 is 20.9 Å². The van der Waals surface area contributed by atoms with Gasteiger partial charge in [-0.15, -0.1) is 0 Å². The average Bonchev–Trinajstić information content (AvgIpc) is 3.87. The predicted molar refractivity (Wildman–Crippen MR) is 223 cm³/mol. The Hall–Kier alpha value is -3.83. The number of anilines is 2. The monoisotopic (exact) mass is 763 g/mol. The quantitative estimate of drug-likeness (QED) is 0.284. The van der Waals surface area contributed by atoms with Gasteiger partial charge < -0.3 is 40.1 Å². The number of piperidine rings is 2. The van der Waals surface area contributed by atoms with Crippen LogP contribution in [0.1, 0.15) is 120 Å². The van der Waals surface area contributed by atoms with E-state index in [2.05, 4.69) is 53.2 Å². The van der Waals surface area contributed by atoms with Crippen molar-refractivity contribution in [3.05, 3.63) is 58.7 Å². The molecule has 0 saturated carbocycles. The zero-order chi connectivity index (χ0) is 40.2. The minimum atomic E-state index is -0.427. The first-order valence-corrected chi connectivity index (χ1v) is 20.6. The lowest BCUT2D eigenvalue weighted by molar-refractivity contribution is 0.0191. The number of aldehydes is 1. The zero-order valence-electron chi connectivity index (χ0n) is 35.1. The Bertz CT molecular complexity index is 1520. The largest absolute Gasteiger partial charge is 0.444 e. The van der Waals surface area contributed by atoms with Crippen molar-refractivity contribution in [3.63, 3.8) is 0 Å². The van der Waals surface area contributed by atoms with Gasteiger partial charge >= 0.3 is 12.2 Å². The van der Waals surface area contributed by atoms with Crippen LogP contribution in [0, 0.1) is 13.8 Å². The van der Waals surface area contributed by atoms with Crippen molar-refractivity contribution in [1.82, 2.24) is 15.1 Å². The molecule has 4 heterocycles. The molecule has 11 heteroatoms. The van der Waals surface area contributed by atoms with E-state index in [1.165, 1.54) is 61.2 Å². The number of benzene rings is 2. The molecule has 2 amide bonds. The van der Waals surface area contributed by atoms with Crippen LogP contribution in [-0.2, 0) is 16.0 Å². The van der Waals surface area contributed by atoms with Crippen LogP contribution in [0.3, 0.4) is 0 Å². The van der Waals surface area contributed by atoms with Crippen LogP contribution in [0.4, 0.5) is 21.0 Å². The fraction of sp³-hybridized carbons (Fsp3) is 0.659. The van der Waals surface area contributed by atoms with E-state index in [0.29, 0.717) is 6.04 Å². The highest BCUT2D eigenvalue weighted by Crippen LogP contribution is 2.27. The fourth-order valence-electron chi connectivity index (χ4n) is 7.32. The van der Waals surface area contributed by atoms with Gasteiger partial charge in [0.05, 0.1) is 0 Å². The summed E-state index contributed by atoms with van der Waals surface area (Å²) in [5, 5.41) is 3.72. The summed E-state index contributed by atoms with van der Waals surface area (Å²) >= 11 is 0. The molecule has 3 N–H and O–H groups in total. The van der Waals surface area contributed by atoms with Crippen LogP contribution in [0.5, 0.6) is 0 Å². The first-order chi connectivity index (χ1) is 26.0. The Balaban J connectivity index is 0.000000202. The Kier molecular flexibility index (Phi) is 16.3. The molecule has 0 atom stereocenters. The first-order valence-electron chi connectivity index (χ1n) is 20.6. The smallest absolute Gasteiger partial charge is 0.410 e. The van der Waals surface area contributed by atoms with Crippen LogP contribution in [0.2, 0.25) is 0 Å². The summed E-state index contributed by atoms with van der Waals surface area (Å²) in [6, 6.07) is 13.5. The molecule has 11 nitrogen and oxygen atoms in total. The Labute approximate surface area is 331 Å². The van der Waals surface area contributed by atoms with Crippen LogP contribution in [-0.4, -0.2) is 104 Å². The molecule has 2 aromatic rings. The van der Waals surface area contributed by atoms with Crippen molar-refractivity contribution in [2.75, 3.05) is 62.2 Å². The van der Waals surface area contributed by atoms with Crippen molar-refractivity contribution >= 4 is 29.8 Å². The molecule has 6 rings (SSSR count). The second-order valence-electron chi connectivity index (χ2n) is 17.6. The lowest BCUT2D eigenvalue weighted by atomic mass is 10.0. The maximum atomic E-state index is 12.2. The van der Waals surface area contributed by atoms with Gasteiger partial charge in [-0.1, -0.05) is 18.2 Å². The van der Waals surface area contributed by atoms with Crippen molar-refractivity contribution < 1.29 is 23.9 Å². The number of ether oxygens (including phenoxy) is 2. The van der Waals surface area contributed by atoms with Gasteiger partial charge in [0.25, 0.3) is 0 Å². The Morgan fingerprint density at radius 2 is 1.13 bits per heavy atom. The number of hydrogen-bond acceptors (Lipinski definition) is 9. The van der Waals surface area contributed by atoms with E-state index in [-0.39, 0.29) is 18.2 Å². The summed E-state index contributed by atoms with van der Waals surface area (Å²) < 4.78 is 10.7. The molecule has 0 radical (unpaired) electrons. The molecule has 2 aromatic carbocycles. The fourth-order valence-corrected chi connectivity index (χ4v) is 7.32. The van der Waals surface area contributed by atoms with Crippen molar-refractivity contribution in [2.45, 2.75) is 137 Å². The summed E-state index contributed by atoms with van der Waals surface area (Å²) in [6.45, 7) is 24.0. The summed E-state index contributed by atoms with van der Waals surface area (Å²) in [4.78, 5) is 43.0.